The molecule has 0 bridgehead atoms. The fourth-order valence-electron chi connectivity index (χ4n) is 4.57. The number of piperidine rings is 1. The lowest BCUT2D eigenvalue weighted by atomic mass is 10.0. The lowest BCUT2D eigenvalue weighted by Gasteiger charge is -2.33. The number of anilines is 1. The van der Waals surface area contributed by atoms with E-state index >= 15 is 0 Å². The number of nitrogen functional groups attached to an aromatic ring is 1. The Morgan fingerprint density at radius 3 is 2.53 bits per heavy atom. The first-order valence-corrected chi connectivity index (χ1v) is 12.3. The summed E-state index contributed by atoms with van der Waals surface area (Å²) < 4.78 is 7.50. The highest BCUT2D eigenvalue weighted by Gasteiger charge is 2.28. The van der Waals surface area contributed by atoms with Crippen molar-refractivity contribution in [1.82, 2.24) is 24.6 Å². The molecule has 1 aliphatic heterocycles. The molecule has 1 fully saturated rings. The summed E-state index contributed by atoms with van der Waals surface area (Å²) in [7, 11) is 0. The molecule has 0 spiro atoms. The zero-order chi connectivity index (χ0) is 25.4. The van der Waals surface area contributed by atoms with Gasteiger partial charge in [-0.2, -0.15) is 5.10 Å². The van der Waals surface area contributed by atoms with E-state index in [1.807, 2.05) is 50.1 Å². The number of aryl methyl sites for hydroxylation is 1. The smallest absolute Gasteiger partial charge is 0.410 e. The zero-order valence-corrected chi connectivity index (χ0v) is 21.2. The van der Waals surface area contributed by atoms with Crippen LogP contribution in [0.15, 0.2) is 55.1 Å². The minimum Gasteiger partial charge on any atom is -0.444 e. The summed E-state index contributed by atoms with van der Waals surface area (Å²) in [6.45, 7) is 9.03. The summed E-state index contributed by atoms with van der Waals surface area (Å²) in [6, 6.07) is 10.6. The van der Waals surface area contributed by atoms with Gasteiger partial charge in [0.05, 0.1) is 17.9 Å². The Balaban J connectivity index is 1.33. The molecule has 0 unspecified atom stereocenters. The highest BCUT2D eigenvalue weighted by atomic mass is 16.6. The van der Waals surface area contributed by atoms with Crippen LogP contribution in [-0.2, 0) is 4.74 Å². The molecule has 8 nitrogen and oxygen atoms in total. The van der Waals surface area contributed by atoms with Gasteiger partial charge >= 0.3 is 6.09 Å². The fourth-order valence-corrected chi connectivity index (χ4v) is 4.57. The van der Waals surface area contributed by atoms with E-state index in [0.717, 1.165) is 46.0 Å². The maximum atomic E-state index is 12.4. The van der Waals surface area contributed by atoms with Gasteiger partial charge in [-0.1, -0.05) is 23.8 Å². The van der Waals surface area contributed by atoms with Gasteiger partial charge in [0.2, 0.25) is 0 Å². The first-order valence-electron chi connectivity index (χ1n) is 12.3. The molecular weight excluding hydrogens is 452 g/mol. The average molecular weight is 485 g/mol. The number of carbonyl (C=O) groups is 1. The third-order valence-electron chi connectivity index (χ3n) is 6.50. The Labute approximate surface area is 211 Å². The first kappa shape index (κ1) is 23.8. The second kappa shape index (κ2) is 9.26. The van der Waals surface area contributed by atoms with Crippen LogP contribution in [0.5, 0.6) is 0 Å². The van der Waals surface area contributed by atoms with Gasteiger partial charge in [0.25, 0.3) is 0 Å². The lowest BCUT2D eigenvalue weighted by Crippen LogP contribution is -2.42. The number of fused-ring (bicyclic) bond motifs is 1. The Hall–Kier alpha value is -3.94. The lowest BCUT2D eigenvalue weighted by molar-refractivity contribution is 0.0185. The van der Waals surface area contributed by atoms with Crippen LogP contribution in [0.3, 0.4) is 0 Å². The predicted molar refractivity (Wildman–Crippen MR) is 141 cm³/mol. The fraction of sp³-hybridized carbons (Fsp3) is 0.357. The molecule has 5 rings (SSSR count). The van der Waals surface area contributed by atoms with Crippen LogP contribution >= 0.6 is 0 Å². The van der Waals surface area contributed by atoms with E-state index in [1.54, 1.807) is 11.1 Å². The van der Waals surface area contributed by atoms with Crippen LogP contribution in [0.25, 0.3) is 33.2 Å². The summed E-state index contributed by atoms with van der Waals surface area (Å²) in [6.07, 6.45) is 8.95. The number of benzene rings is 1. The summed E-state index contributed by atoms with van der Waals surface area (Å²) in [4.78, 5) is 23.2. The van der Waals surface area contributed by atoms with Crippen molar-refractivity contribution in [2.75, 3.05) is 18.8 Å². The number of aromatic nitrogens is 4. The van der Waals surface area contributed by atoms with Crippen LogP contribution in [0.4, 0.5) is 10.6 Å². The second-order valence-corrected chi connectivity index (χ2v) is 10.5. The number of hydrogen-bond acceptors (Lipinski definition) is 6. The van der Waals surface area contributed by atoms with Gasteiger partial charge in [-0.15, -0.1) is 0 Å². The molecule has 1 amide bonds. The molecular formula is C28H32N6O2. The molecule has 1 aliphatic rings. The zero-order valence-electron chi connectivity index (χ0n) is 21.2. The van der Waals surface area contributed by atoms with Crippen LogP contribution in [0, 0.1) is 6.92 Å². The van der Waals surface area contributed by atoms with E-state index in [2.05, 4.69) is 46.3 Å². The summed E-state index contributed by atoms with van der Waals surface area (Å²) in [5.74, 6) is 0.445. The normalized spacial score (nSPS) is 14.8. The molecule has 4 aromatic rings. The van der Waals surface area contributed by atoms with Crippen LogP contribution in [0.1, 0.15) is 45.2 Å². The Bertz CT molecular complexity index is 1410. The van der Waals surface area contributed by atoms with Crippen molar-refractivity contribution in [3.63, 3.8) is 0 Å². The maximum absolute atomic E-state index is 12.4. The molecule has 0 atom stereocenters. The predicted octanol–water partition coefficient (Wildman–Crippen LogP) is 5.62. The number of rotatable bonds is 3. The van der Waals surface area contributed by atoms with Gasteiger partial charge < -0.3 is 15.4 Å². The van der Waals surface area contributed by atoms with Crippen LogP contribution < -0.4 is 5.73 Å². The Morgan fingerprint density at radius 2 is 1.78 bits per heavy atom. The third kappa shape index (κ3) is 5.03. The van der Waals surface area contributed by atoms with Crippen molar-refractivity contribution in [1.29, 1.82) is 0 Å². The standard InChI is InChI=1S/C28H32N6O2/c1-18-5-6-19-14-30-25(13-20(19)11-18)24-12-21(15-31-26(24)29)22-16-32-34(17-22)23-7-9-33(10-8-23)27(35)36-28(2,3)4/h5-6,11-17,23H,7-10H2,1-4H3,(H2,29,31). The van der Waals surface area contributed by atoms with E-state index in [1.165, 1.54) is 5.56 Å². The maximum Gasteiger partial charge on any atom is 0.410 e. The van der Waals surface area contributed by atoms with Gasteiger partial charge in [0, 0.05) is 53.8 Å². The van der Waals surface area contributed by atoms with Crippen molar-refractivity contribution >= 4 is 22.7 Å². The molecule has 0 radical (unpaired) electrons. The first-order chi connectivity index (χ1) is 17.2. The number of hydrogen-bond donors (Lipinski definition) is 1. The van der Waals surface area contributed by atoms with Crippen molar-refractivity contribution < 1.29 is 9.53 Å². The van der Waals surface area contributed by atoms with Crippen molar-refractivity contribution in [2.24, 2.45) is 0 Å². The molecule has 2 N–H and O–H groups in total. The highest BCUT2D eigenvalue weighted by molar-refractivity contribution is 5.88. The summed E-state index contributed by atoms with van der Waals surface area (Å²) >= 11 is 0. The molecule has 4 heterocycles. The third-order valence-corrected chi connectivity index (χ3v) is 6.50. The molecule has 1 saturated heterocycles. The van der Waals surface area contributed by atoms with Crippen molar-refractivity contribution in [3.05, 3.63) is 60.7 Å². The SMILES string of the molecule is Cc1ccc2cnc(-c3cc(-c4cnn(C5CCN(C(=O)OC(C)(C)C)CC5)c4)cnc3N)cc2c1. The van der Waals surface area contributed by atoms with Crippen LogP contribution in [0.2, 0.25) is 0 Å². The number of pyridine rings is 2. The average Bonchev–Trinajstić information content (AvgIpc) is 3.33. The molecule has 0 saturated carbocycles. The molecule has 186 valence electrons. The van der Waals surface area contributed by atoms with Crippen molar-refractivity contribution in [2.45, 2.75) is 52.2 Å². The number of nitrogens with zero attached hydrogens (tertiary/aromatic N) is 5. The van der Waals surface area contributed by atoms with E-state index < -0.39 is 5.60 Å². The summed E-state index contributed by atoms with van der Waals surface area (Å²) in [5.41, 5.74) is 10.5. The second-order valence-electron chi connectivity index (χ2n) is 10.5. The van der Waals surface area contributed by atoms with Gasteiger partial charge in [0.15, 0.2) is 0 Å². The molecule has 3 aromatic heterocycles. The topological polar surface area (TPSA) is 99.2 Å². The quantitative estimate of drug-likeness (QED) is 0.405. The van der Waals surface area contributed by atoms with E-state index in [-0.39, 0.29) is 12.1 Å². The molecule has 36 heavy (non-hydrogen) atoms. The molecule has 0 aliphatic carbocycles. The largest absolute Gasteiger partial charge is 0.444 e. The van der Waals surface area contributed by atoms with Gasteiger partial charge in [-0.3, -0.25) is 9.67 Å². The summed E-state index contributed by atoms with van der Waals surface area (Å²) in [5, 5.41) is 6.84. The van der Waals surface area contributed by atoms with Crippen LogP contribution in [-0.4, -0.2) is 49.4 Å². The van der Waals surface area contributed by atoms with Gasteiger partial charge in [-0.05, 0) is 58.1 Å². The minimum atomic E-state index is -0.488. The monoisotopic (exact) mass is 484 g/mol. The van der Waals surface area contributed by atoms with E-state index in [0.29, 0.717) is 18.9 Å². The molecule has 1 aromatic carbocycles. The van der Waals surface area contributed by atoms with E-state index in [9.17, 15) is 4.79 Å². The number of ether oxygens (including phenoxy) is 1. The van der Waals surface area contributed by atoms with Gasteiger partial charge in [-0.25, -0.2) is 9.78 Å². The van der Waals surface area contributed by atoms with E-state index in [4.69, 9.17) is 10.5 Å². The highest BCUT2D eigenvalue weighted by Crippen LogP contribution is 2.31. The Morgan fingerprint density at radius 1 is 1.00 bits per heavy atom. The minimum absolute atomic E-state index is 0.226. The Kier molecular flexibility index (Phi) is 6.12. The number of carbonyl (C=O) groups excluding carboxylic acids is 1. The molecule has 8 heteroatoms. The van der Waals surface area contributed by atoms with Crippen molar-refractivity contribution in [3.8, 4) is 22.4 Å². The number of nitrogens with two attached hydrogens (primary N) is 1. The van der Waals surface area contributed by atoms with Gasteiger partial charge in [0.1, 0.15) is 11.4 Å². The number of amides is 1. The number of likely N-dealkylation sites (tertiary alicyclic amines) is 1.